The molecule has 1 aliphatic carbocycles. The summed E-state index contributed by atoms with van der Waals surface area (Å²) in [5.41, 5.74) is -2.17. The van der Waals surface area contributed by atoms with Crippen LogP contribution in [0, 0.1) is 0 Å². The second-order valence-corrected chi connectivity index (χ2v) is 7.41. The lowest BCUT2D eigenvalue weighted by atomic mass is 9.74. The first-order valence-corrected chi connectivity index (χ1v) is 9.02. The van der Waals surface area contributed by atoms with E-state index in [4.69, 9.17) is 0 Å². The Bertz CT molecular complexity index is 850. The second kappa shape index (κ2) is 6.37. The van der Waals surface area contributed by atoms with Crippen LogP contribution in [0.3, 0.4) is 0 Å². The van der Waals surface area contributed by atoms with E-state index in [9.17, 15) is 23.1 Å². The number of aliphatic hydroxyl groups is 1. The molecule has 4 rings (SSSR count). The third-order valence-corrected chi connectivity index (χ3v) is 5.69. The fraction of sp³-hybridized carbons (Fsp3) is 0.474. The quantitative estimate of drug-likeness (QED) is 0.740. The minimum absolute atomic E-state index is 0.150. The van der Waals surface area contributed by atoms with E-state index in [-0.39, 0.29) is 28.9 Å². The van der Waals surface area contributed by atoms with Crippen molar-refractivity contribution < 1.29 is 23.1 Å². The maximum atomic E-state index is 13.7. The van der Waals surface area contributed by atoms with Gasteiger partial charge in [-0.05, 0) is 30.7 Å². The van der Waals surface area contributed by atoms with E-state index in [1.165, 1.54) is 0 Å². The summed E-state index contributed by atoms with van der Waals surface area (Å²) in [4.78, 5) is 11.7. The summed E-state index contributed by atoms with van der Waals surface area (Å²) < 4.78 is 41.0. The molecule has 3 N–H and O–H groups in total. The monoisotopic (exact) mass is 379 g/mol. The van der Waals surface area contributed by atoms with E-state index < -0.39 is 24.1 Å². The fourth-order valence-corrected chi connectivity index (χ4v) is 4.37. The van der Waals surface area contributed by atoms with Crippen molar-refractivity contribution in [3.63, 3.8) is 0 Å². The number of alkyl halides is 3. The van der Waals surface area contributed by atoms with E-state index >= 15 is 0 Å². The van der Waals surface area contributed by atoms with Gasteiger partial charge >= 0.3 is 6.18 Å². The highest BCUT2D eigenvalue weighted by molar-refractivity contribution is 5.94. The maximum Gasteiger partial charge on any atom is 0.422 e. The zero-order chi connectivity index (χ0) is 19.2. The molecule has 3 unspecified atom stereocenters. The van der Waals surface area contributed by atoms with Gasteiger partial charge in [-0.1, -0.05) is 36.8 Å². The second-order valence-electron chi connectivity index (χ2n) is 7.41. The summed E-state index contributed by atoms with van der Waals surface area (Å²) in [5, 5.41) is 19.4. The van der Waals surface area contributed by atoms with Crippen molar-refractivity contribution in [3.05, 3.63) is 47.2 Å². The third-order valence-electron chi connectivity index (χ3n) is 5.69. The molecular formula is C19H20F3N3O2. The molecule has 1 saturated carbocycles. The lowest BCUT2D eigenvalue weighted by Crippen LogP contribution is -2.48. The zero-order valence-corrected chi connectivity index (χ0v) is 14.5. The van der Waals surface area contributed by atoms with Gasteiger partial charge in [0.05, 0.1) is 17.7 Å². The maximum absolute atomic E-state index is 13.7. The van der Waals surface area contributed by atoms with Crippen molar-refractivity contribution in [3.8, 4) is 0 Å². The Labute approximate surface area is 154 Å². The van der Waals surface area contributed by atoms with E-state index in [0.29, 0.717) is 12.8 Å². The highest BCUT2D eigenvalue weighted by Gasteiger charge is 2.61. The number of benzene rings is 1. The predicted octanol–water partition coefficient (Wildman–Crippen LogP) is 3.94. The highest BCUT2D eigenvalue weighted by Crippen LogP contribution is 2.51. The first-order chi connectivity index (χ1) is 12.8. The van der Waals surface area contributed by atoms with Gasteiger partial charge in [0.2, 0.25) is 5.91 Å². The van der Waals surface area contributed by atoms with Gasteiger partial charge in [0, 0.05) is 5.92 Å². The summed E-state index contributed by atoms with van der Waals surface area (Å²) in [6.07, 6.45) is -2.84. The van der Waals surface area contributed by atoms with Gasteiger partial charge < -0.3 is 10.4 Å². The molecule has 0 bridgehead atoms. The Balaban J connectivity index is 1.71. The van der Waals surface area contributed by atoms with Gasteiger partial charge in [0.25, 0.3) is 0 Å². The van der Waals surface area contributed by atoms with Gasteiger partial charge in [0.15, 0.2) is 5.60 Å². The Hall–Kier alpha value is -2.35. The minimum Gasteiger partial charge on any atom is -0.376 e. The topological polar surface area (TPSA) is 78.0 Å². The van der Waals surface area contributed by atoms with Crippen LogP contribution in [-0.4, -0.2) is 27.4 Å². The van der Waals surface area contributed by atoms with Crippen molar-refractivity contribution in [1.29, 1.82) is 0 Å². The molecule has 0 saturated heterocycles. The number of amides is 1. The van der Waals surface area contributed by atoms with Crippen LogP contribution < -0.4 is 5.32 Å². The van der Waals surface area contributed by atoms with Crippen LogP contribution in [0.15, 0.2) is 30.3 Å². The number of nitrogens with one attached hydrogen (secondary N) is 2. The van der Waals surface area contributed by atoms with Gasteiger partial charge in [-0.25, -0.2) is 0 Å². The SMILES string of the molecule is O=C1CC(O)(C(F)(F)F)c2c(C3CCCC(c4ccccc4)C3)n[nH]c2N1. The minimum atomic E-state index is -4.97. The Morgan fingerprint density at radius 3 is 2.56 bits per heavy atom. The largest absolute Gasteiger partial charge is 0.422 e. The van der Waals surface area contributed by atoms with Gasteiger partial charge in [-0.15, -0.1) is 0 Å². The highest BCUT2D eigenvalue weighted by atomic mass is 19.4. The standard InChI is InChI=1S/C19H20F3N3O2/c20-19(21,22)18(27)10-14(26)23-17-15(18)16(24-25-17)13-8-4-7-12(9-13)11-5-2-1-3-6-11/h1-3,5-6,12-13,27H,4,7-10H2,(H2,23,24,25,26). The number of carbonyl (C=O) groups is 1. The van der Waals surface area contributed by atoms with Crippen LogP contribution in [-0.2, 0) is 10.4 Å². The molecule has 1 aliphatic heterocycles. The van der Waals surface area contributed by atoms with Crippen LogP contribution in [0.5, 0.6) is 0 Å². The van der Waals surface area contributed by atoms with Crippen molar-refractivity contribution >= 4 is 11.7 Å². The first kappa shape index (κ1) is 18.0. The Morgan fingerprint density at radius 2 is 1.85 bits per heavy atom. The Morgan fingerprint density at radius 1 is 1.15 bits per heavy atom. The number of halogens is 3. The average molecular weight is 379 g/mol. The van der Waals surface area contributed by atoms with E-state index in [2.05, 4.69) is 15.5 Å². The summed E-state index contributed by atoms with van der Waals surface area (Å²) in [6, 6.07) is 9.89. The van der Waals surface area contributed by atoms with Crippen molar-refractivity contribution in [1.82, 2.24) is 10.2 Å². The molecule has 0 radical (unpaired) electrons. The lowest BCUT2D eigenvalue weighted by molar-refractivity contribution is -0.267. The van der Waals surface area contributed by atoms with E-state index in [0.717, 1.165) is 18.4 Å². The van der Waals surface area contributed by atoms with Crippen LogP contribution >= 0.6 is 0 Å². The van der Waals surface area contributed by atoms with Crippen LogP contribution in [0.1, 0.15) is 60.8 Å². The van der Waals surface area contributed by atoms with Crippen LogP contribution in [0.4, 0.5) is 19.0 Å². The molecule has 2 heterocycles. The molecule has 144 valence electrons. The number of carbonyl (C=O) groups excluding carboxylic acids is 1. The molecule has 5 nitrogen and oxygen atoms in total. The fourth-order valence-electron chi connectivity index (χ4n) is 4.37. The Kier molecular flexibility index (Phi) is 4.25. The first-order valence-electron chi connectivity index (χ1n) is 9.02. The molecular weight excluding hydrogens is 359 g/mol. The van der Waals surface area contributed by atoms with E-state index in [1.54, 1.807) is 0 Å². The molecule has 0 spiro atoms. The number of aromatic nitrogens is 2. The summed E-state index contributed by atoms with van der Waals surface area (Å²) in [7, 11) is 0. The van der Waals surface area contributed by atoms with E-state index in [1.807, 2.05) is 30.3 Å². The number of H-pyrrole nitrogens is 1. The number of anilines is 1. The number of hydrogen-bond donors (Lipinski definition) is 3. The summed E-state index contributed by atoms with van der Waals surface area (Å²) in [5.74, 6) is -1.02. The summed E-state index contributed by atoms with van der Waals surface area (Å²) >= 11 is 0. The average Bonchev–Trinajstić information content (AvgIpc) is 3.06. The van der Waals surface area contributed by atoms with Gasteiger partial charge in [0.1, 0.15) is 5.82 Å². The van der Waals surface area contributed by atoms with Crippen LogP contribution in [0.2, 0.25) is 0 Å². The van der Waals surface area contributed by atoms with Crippen molar-refractivity contribution in [2.75, 3.05) is 5.32 Å². The molecule has 8 heteroatoms. The molecule has 3 atom stereocenters. The predicted molar refractivity (Wildman–Crippen MR) is 92.2 cm³/mol. The molecule has 1 aromatic carbocycles. The van der Waals surface area contributed by atoms with Crippen molar-refractivity contribution in [2.45, 2.75) is 55.7 Å². The number of aromatic amines is 1. The smallest absolute Gasteiger partial charge is 0.376 e. The lowest BCUT2D eigenvalue weighted by Gasteiger charge is -2.36. The molecule has 1 fully saturated rings. The number of fused-ring (bicyclic) bond motifs is 1. The number of hydrogen-bond acceptors (Lipinski definition) is 3. The molecule has 2 aromatic rings. The van der Waals surface area contributed by atoms with Gasteiger partial charge in [-0.3, -0.25) is 9.89 Å². The molecule has 2 aliphatic rings. The summed E-state index contributed by atoms with van der Waals surface area (Å²) in [6.45, 7) is 0. The molecule has 27 heavy (non-hydrogen) atoms. The number of rotatable bonds is 2. The normalized spacial score (nSPS) is 28.5. The van der Waals surface area contributed by atoms with Crippen LogP contribution in [0.25, 0.3) is 0 Å². The molecule has 1 amide bonds. The molecule has 1 aromatic heterocycles. The zero-order valence-electron chi connectivity index (χ0n) is 14.5. The third kappa shape index (κ3) is 3.01. The van der Waals surface area contributed by atoms with Crippen molar-refractivity contribution in [2.24, 2.45) is 0 Å². The van der Waals surface area contributed by atoms with Gasteiger partial charge in [-0.2, -0.15) is 18.3 Å². The number of nitrogens with zero attached hydrogens (tertiary/aromatic N) is 1.